The number of benzene rings is 1. The van der Waals surface area contributed by atoms with E-state index < -0.39 is 0 Å². The zero-order valence-electron chi connectivity index (χ0n) is 15.0. The van der Waals surface area contributed by atoms with Crippen molar-refractivity contribution in [1.82, 2.24) is 9.80 Å². The number of hydrogen-bond acceptors (Lipinski definition) is 4. The molecule has 3 fully saturated rings. The molecule has 0 N–H and O–H groups in total. The standard InChI is InChI=1S/C20H28N2O3/c1-24-18-6-4-15(5-7-18)10-20(23)22-9-8-21-13-19(11-17(21)12-22)25-14-16-2-3-16/h4-7,16-17,19H,2-3,8-14H2,1H3/t17-,19+/m0/s1. The molecule has 0 aromatic heterocycles. The van der Waals surface area contributed by atoms with Crippen molar-refractivity contribution in [3.63, 3.8) is 0 Å². The second kappa shape index (κ2) is 7.34. The van der Waals surface area contributed by atoms with Crippen LogP contribution in [-0.4, -0.2) is 67.7 Å². The molecule has 2 saturated heterocycles. The Bertz CT molecular complexity index is 599. The average Bonchev–Trinajstić information content (AvgIpc) is 3.38. The third-order valence-corrected chi connectivity index (χ3v) is 5.71. The Hall–Kier alpha value is -1.59. The van der Waals surface area contributed by atoms with Gasteiger partial charge in [0.2, 0.25) is 5.91 Å². The van der Waals surface area contributed by atoms with Gasteiger partial charge in [-0.25, -0.2) is 0 Å². The van der Waals surface area contributed by atoms with Gasteiger partial charge in [-0.1, -0.05) is 12.1 Å². The molecule has 0 unspecified atom stereocenters. The van der Waals surface area contributed by atoms with E-state index in [1.807, 2.05) is 29.2 Å². The Morgan fingerprint density at radius 1 is 1.16 bits per heavy atom. The number of rotatable bonds is 6. The van der Waals surface area contributed by atoms with Crippen LogP contribution in [0.1, 0.15) is 24.8 Å². The number of amides is 1. The van der Waals surface area contributed by atoms with Gasteiger partial charge in [0, 0.05) is 38.8 Å². The first kappa shape index (κ1) is 16.9. The maximum absolute atomic E-state index is 12.7. The molecule has 2 aliphatic heterocycles. The first-order valence-electron chi connectivity index (χ1n) is 9.47. The molecule has 0 bridgehead atoms. The van der Waals surface area contributed by atoms with Gasteiger partial charge in [0.1, 0.15) is 5.75 Å². The van der Waals surface area contributed by atoms with E-state index in [9.17, 15) is 4.79 Å². The predicted molar refractivity (Wildman–Crippen MR) is 95.7 cm³/mol. The van der Waals surface area contributed by atoms with Crippen LogP contribution < -0.4 is 4.74 Å². The average molecular weight is 344 g/mol. The van der Waals surface area contributed by atoms with Gasteiger partial charge < -0.3 is 14.4 Å². The van der Waals surface area contributed by atoms with Crippen LogP contribution in [0, 0.1) is 5.92 Å². The summed E-state index contributed by atoms with van der Waals surface area (Å²) in [6.07, 6.45) is 4.58. The zero-order valence-corrected chi connectivity index (χ0v) is 15.0. The number of carbonyl (C=O) groups excluding carboxylic acids is 1. The van der Waals surface area contributed by atoms with E-state index in [1.54, 1.807) is 7.11 Å². The minimum Gasteiger partial charge on any atom is -0.497 e. The summed E-state index contributed by atoms with van der Waals surface area (Å²) in [5, 5.41) is 0. The van der Waals surface area contributed by atoms with Crippen molar-refractivity contribution < 1.29 is 14.3 Å². The summed E-state index contributed by atoms with van der Waals surface area (Å²) in [5.74, 6) is 1.88. The third kappa shape index (κ3) is 4.15. The van der Waals surface area contributed by atoms with Crippen LogP contribution in [0.4, 0.5) is 0 Å². The van der Waals surface area contributed by atoms with E-state index >= 15 is 0 Å². The molecule has 25 heavy (non-hydrogen) atoms. The number of piperazine rings is 1. The van der Waals surface area contributed by atoms with Crippen LogP contribution in [0.2, 0.25) is 0 Å². The van der Waals surface area contributed by atoms with Gasteiger partial charge in [-0.2, -0.15) is 0 Å². The summed E-state index contributed by atoms with van der Waals surface area (Å²) in [6, 6.07) is 8.26. The molecule has 2 atom stereocenters. The van der Waals surface area contributed by atoms with E-state index in [1.165, 1.54) is 12.8 Å². The van der Waals surface area contributed by atoms with Gasteiger partial charge in [0.15, 0.2) is 0 Å². The third-order valence-electron chi connectivity index (χ3n) is 5.71. The summed E-state index contributed by atoms with van der Waals surface area (Å²) in [5.41, 5.74) is 1.05. The SMILES string of the molecule is COc1ccc(CC(=O)N2CCN3C[C@H](OCC4CC4)C[C@H]3C2)cc1. The molecule has 5 heteroatoms. The minimum atomic E-state index is 0.229. The van der Waals surface area contributed by atoms with Crippen LogP contribution in [0.5, 0.6) is 5.75 Å². The molecule has 136 valence electrons. The fourth-order valence-electron chi connectivity index (χ4n) is 3.93. The van der Waals surface area contributed by atoms with Gasteiger partial charge in [0.25, 0.3) is 0 Å². The fraction of sp³-hybridized carbons (Fsp3) is 0.650. The number of ether oxygens (including phenoxy) is 2. The summed E-state index contributed by atoms with van der Waals surface area (Å²) >= 11 is 0. The lowest BCUT2D eigenvalue weighted by Gasteiger charge is -2.37. The summed E-state index contributed by atoms with van der Waals surface area (Å²) in [4.78, 5) is 17.2. The molecule has 1 aromatic carbocycles. The number of hydrogen-bond donors (Lipinski definition) is 0. The van der Waals surface area contributed by atoms with Crippen LogP contribution in [0.3, 0.4) is 0 Å². The van der Waals surface area contributed by atoms with Crippen LogP contribution in [0.15, 0.2) is 24.3 Å². The lowest BCUT2D eigenvalue weighted by Crippen LogP contribution is -2.52. The highest BCUT2D eigenvalue weighted by atomic mass is 16.5. The molecule has 2 heterocycles. The molecule has 1 amide bonds. The highest BCUT2D eigenvalue weighted by Gasteiger charge is 2.38. The molecule has 0 spiro atoms. The lowest BCUT2D eigenvalue weighted by molar-refractivity contribution is -0.133. The Morgan fingerprint density at radius 2 is 1.96 bits per heavy atom. The molecule has 3 aliphatic rings. The smallest absolute Gasteiger partial charge is 0.227 e. The zero-order chi connectivity index (χ0) is 17.2. The highest BCUT2D eigenvalue weighted by molar-refractivity contribution is 5.79. The van der Waals surface area contributed by atoms with E-state index in [0.717, 1.165) is 56.4 Å². The van der Waals surface area contributed by atoms with Crippen molar-refractivity contribution >= 4 is 5.91 Å². The first-order chi connectivity index (χ1) is 12.2. The monoisotopic (exact) mass is 344 g/mol. The normalized spacial score (nSPS) is 26.5. The molecule has 1 aromatic rings. The Balaban J connectivity index is 1.27. The number of carbonyl (C=O) groups is 1. The van der Waals surface area contributed by atoms with Crippen LogP contribution in [-0.2, 0) is 16.0 Å². The minimum absolute atomic E-state index is 0.229. The molecular weight excluding hydrogens is 316 g/mol. The maximum atomic E-state index is 12.7. The molecule has 1 aliphatic carbocycles. The van der Waals surface area contributed by atoms with Crippen molar-refractivity contribution in [2.45, 2.75) is 37.8 Å². The second-order valence-corrected chi connectivity index (χ2v) is 7.65. The quantitative estimate of drug-likeness (QED) is 0.791. The largest absolute Gasteiger partial charge is 0.497 e. The van der Waals surface area contributed by atoms with Gasteiger partial charge in [-0.15, -0.1) is 0 Å². The number of methoxy groups -OCH3 is 1. The Morgan fingerprint density at radius 3 is 2.68 bits per heavy atom. The fourth-order valence-corrected chi connectivity index (χ4v) is 3.93. The predicted octanol–water partition coefficient (Wildman–Crippen LogP) is 1.95. The van der Waals surface area contributed by atoms with E-state index in [4.69, 9.17) is 9.47 Å². The van der Waals surface area contributed by atoms with Gasteiger partial charge >= 0.3 is 0 Å². The second-order valence-electron chi connectivity index (χ2n) is 7.65. The molecule has 1 saturated carbocycles. The summed E-state index contributed by atoms with van der Waals surface area (Å²) < 4.78 is 11.2. The van der Waals surface area contributed by atoms with Crippen LogP contribution in [0.25, 0.3) is 0 Å². The van der Waals surface area contributed by atoms with Gasteiger partial charge in [-0.3, -0.25) is 9.69 Å². The first-order valence-corrected chi connectivity index (χ1v) is 9.47. The summed E-state index contributed by atoms with van der Waals surface area (Å²) in [6.45, 7) is 4.63. The van der Waals surface area contributed by atoms with Crippen molar-refractivity contribution in [2.75, 3.05) is 39.9 Å². The maximum Gasteiger partial charge on any atom is 0.227 e. The lowest BCUT2D eigenvalue weighted by atomic mass is 10.1. The molecular formula is C20H28N2O3. The highest BCUT2D eigenvalue weighted by Crippen LogP contribution is 2.31. The van der Waals surface area contributed by atoms with Crippen molar-refractivity contribution in [3.8, 4) is 5.75 Å². The summed E-state index contributed by atoms with van der Waals surface area (Å²) in [7, 11) is 1.66. The van der Waals surface area contributed by atoms with Gasteiger partial charge in [-0.05, 0) is 42.9 Å². The van der Waals surface area contributed by atoms with Crippen molar-refractivity contribution in [2.24, 2.45) is 5.92 Å². The van der Waals surface area contributed by atoms with Crippen molar-refractivity contribution in [3.05, 3.63) is 29.8 Å². The van der Waals surface area contributed by atoms with E-state index in [2.05, 4.69) is 4.90 Å². The molecule has 4 rings (SSSR count). The Kier molecular flexibility index (Phi) is 4.95. The van der Waals surface area contributed by atoms with E-state index in [-0.39, 0.29) is 5.91 Å². The number of fused-ring (bicyclic) bond motifs is 1. The van der Waals surface area contributed by atoms with E-state index in [0.29, 0.717) is 18.6 Å². The molecule has 0 radical (unpaired) electrons. The van der Waals surface area contributed by atoms with Gasteiger partial charge in [0.05, 0.1) is 19.6 Å². The van der Waals surface area contributed by atoms with Crippen LogP contribution >= 0.6 is 0 Å². The Labute approximate surface area is 149 Å². The topological polar surface area (TPSA) is 42.0 Å². The number of nitrogens with zero attached hydrogens (tertiary/aromatic N) is 2. The van der Waals surface area contributed by atoms with Crippen molar-refractivity contribution in [1.29, 1.82) is 0 Å². The molecule has 5 nitrogen and oxygen atoms in total.